The second-order valence-electron chi connectivity index (χ2n) is 4.02. The van der Waals surface area contributed by atoms with E-state index in [0.717, 1.165) is 6.07 Å². The molecule has 0 bridgehead atoms. The minimum Gasteiger partial charge on any atom is -0.391 e. The summed E-state index contributed by atoms with van der Waals surface area (Å²) in [7, 11) is -3.90. The highest BCUT2D eigenvalue weighted by Gasteiger charge is 2.21. The van der Waals surface area contributed by atoms with Gasteiger partial charge in [0.05, 0.1) is 12.3 Å². The zero-order valence-electron chi connectivity index (χ0n) is 10.4. The van der Waals surface area contributed by atoms with Crippen LogP contribution in [0.2, 0.25) is 5.02 Å². The van der Waals surface area contributed by atoms with Crippen LogP contribution >= 0.6 is 22.9 Å². The third kappa shape index (κ3) is 3.12. The zero-order valence-corrected chi connectivity index (χ0v) is 12.7. The molecule has 1 aromatic carbocycles. The van der Waals surface area contributed by atoms with Gasteiger partial charge in [-0.2, -0.15) is 0 Å². The van der Waals surface area contributed by atoms with Crippen molar-refractivity contribution < 1.29 is 17.9 Å². The first kappa shape index (κ1) is 15.2. The molecular formula is C12H11ClFNO3S2. The van der Waals surface area contributed by atoms with Gasteiger partial charge in [-0.15, -0.1) is 11.3 Å². The molecule has 1 heterocycles. The second kappa shape index (κ2) is 5.69. The summed E-state index contributed by atoms with van der Waals surface area (Å²) in [6.07, 6.45) is 0. The van der Waals surface area contributed by atoms with Crippen molar-refractivity contribution in [2.75, 3.05) is 4.72 Å². The summed E-state index contributed by atoms with van der Waals surface area (Å²) in [6.45, 7) is 1.38. The third-order valence-corrected chi connectivity index (χ3v) is 5.44. The quantitative estimate of drug-likeness (QED) is 0.902. The van der Waals surface area contributed by atoms with E-state index in [1.165, 1.54) is 29.5 Å². The molecule has 0 unspecified atom stereocenters. The molecule has 0 saturated heterocycles. The first-order valence-electron chi connectivity index (χ1n) is 5.51. The average molecular weight is 336 g/mol. The lowest BCUT2D eigenvalue weighted by Gasteiger charge is -2.08. The lowest BCUT2D eigenvalue weighted by molar-refractivity contribution is 0.285. The molecule has 0 aliphatic heterocycles. The largest absolute Gasteiger partial charge is 0.391 e. The van der Waals surface area contributed by atoms with Crippen LogP contribution in [0.3, 0.4) is 0 Å². The van der Waals surface area contributed by atoms with Crippen molar-refractivity contribution >= 4 is 38.6 Å². The van der Waals surface area contributed by atoms with Gasteiger partial charge in [0.25, 0.3) is 10.0 Å². The zero-order chi connectivity index (χ0) is 14.9. The van der Waals surface area contributed by atoms with Crippen LogP contribution in [0.5, 0.6) is 0 Å². The number of rotatable bonds is 4. The number of hydrogen-bond donors (Lipinski definition) is 2. The molecule has 8 heteroatoms. The van der Waals surface area contributed by atoms with Crippen LogP contribution in [0.15, 0.2) is 29.2 Å². The predicted octanol–water partition coefficient (Wildman–Crippen LogP) is 3.14. The molecule has 0 aliphatic rings. The van der Waals surface area contributed by atoms with E-state index in [1.807, 2.05) is 0 Å². The molecule has 0 aliphatic carbocycles. The van der Waals surface area contributed by atoms with Crippen molar-refractivity contribution in [3.63, 3.8) is 0 Å². The molecule has 0 amide bonds. The molecule has 2 aromatic rings. The SMILES string of the molecule is Cc1sc(CO)cc1S(=O)(=O)Nc1ccc(Cl)cc1F. The van der Waals surface area contributed by atoms with Gasteiger partial charge in [-0.05, 0) is 31.2 Å². The fourth-order valence-electron chi connectivity index (χ4n) is 1.64. The van der Waals surface area contributed by atoms with Crippen LogP contribution in [-0.4, -0.2) is 13.5 Å². The number of halogens is 2. The fraction of sp³-hybridized carbons (Fsp3) is 0.167. The van der Waals surface area contributed by atoms with Gasteiger partial charge in [-0.25, -0.2) is 12.8 Å². The van der Waals surface area contributed by atoms with Gasteiger partial charge in [0, 0.05) is 14.8 Å². The van der Waals surface area contributed by atoms with Gasteiger partial charge >= 0.3 is 0 Å². The summed E-state index contributed by atoms with van der Waals surface area (Å²) in [5.74, 6) is -0.753. The van der Waals surface area contributed by atoms with Crippen LogP contribution in [-0.2, 0) is 16.6 Å². The summed E-state index contributed by atoms with van der Waals surface area (Å²) in [6, 6.07) is 5.04. The van der Waals surface area contributed by atoms with Crippen LogP contribution in [0.4, 0.5) is 10.1 Å². The minimum absolute atomic E-state index is 0.0286. The maximum Gasteiger partial charge on any atom is 0.263 e. The second-order valence-corrected chi connectivity index (χ2v) is 7.45. The van der Waals surface area contributed by atoms with Crippen molar-refractivity contribution in [3.8, 4) is 0 Å². The molecule has 0 radical (unpaired) electrons. The average Bonchev–Trinajstić information content (AvgIpc) is 2.75. The highest BCUT2D eigenvalue weighted by Crippen LogP contribution is 2.28. The summed E-state index contributed by atoms with van der Waals surface area (Å²) < 4.78 is 40.2. The van der Waals surface area contributed by atoms with Crippen molar-refractivity contribution in [1.29, 1.82) is 0 Å². The number of aryl methyl sites for hydroxylation is 1. The van der Waals surface area contributed by atoms with E-state index in [4.69, 9.17) is 16.7 Å². The Morgan fingerprint density at radius 1 is 1.40 bits per heavy atom. The topological polar surface area (TPSA) is 66.4 Å². The highest BCUT2D eigenvalue weighted by molar-refractivity contribution is 7.93. The number of benzene rings is 1. The summed E-state index contributed by atoms with van der Waals surface area (Å²) in [5.41, 5.74) is -0.175. The van der Waals surface area contributed by atoms with Gasteiger partial charge in [0.15, 0.2) is 0 Å². The van der Waals surface area contributed by atoms with Crippen molar-refractivity contribution in [1.82, 2.24) is 0 Å². The lowest BCUT2D eigenvalue weighted by Crippen LogP contribution is -2.14. The Hall–Kier alpha value is -1.15. The van der Waals surface area contributed by atoms with E-state index in [9.17, 15) is 12.8 Å². The number of thiophene rings is 1. The Balaban J connectivity index is 2.38. The van der Waals surface area contributed by atoms with Gasteiger partial charge < -0.3 is 5.11 Å². The predicted molar refractivity (Wildman–Crippen MR) is 77.2 cm³/mol. The molecular weight excluding hydrogens is 325 g/mol. The number of aliphatic hydroxyl groups excluding tert-OH is 1. The molecule has 0 atom stereocenters. The molecule has 20 heavy (non-hydrogen) atoms. The maximum atomic E-state index is 13.6. The molecule has 4 nitrogen and oxygen atoms in total. The standard InChI is InChI=1S/C12H11ClFNO3S2/c1-7-12(5-9(6-16)19-7)20(17,18)15-11-3-2-8(13)4-10(11)14/h2-5,15-16H,6H2,1H3. The number of nitrogens with one attached hydrogen (secondary N) is 1. The van der Waals surface area contributed by atoms with Gasteiger partial charge in [-0.3, -0.25) is 4.72 Å². The molecule has 2 rings (SSSR count). The van der Waals surface area contributed by atoms with Crippen LogP contribution in [0, 0.1) is 12.7 Å². The molecule has 108 valence electrons. The summed E-state index contributed by atoms with van der Waals surface area (Å²) >= 11 is 6.78. The molecule has 0 fully saturated rings. The lowest BCUT2D eigenvalue weighted by atomic mass is 10.3. The molecule has 1 aromatic heterocycles. The number of aliphatic hydroxyl groups is 1. The maximum absolute atomic E-state index is 13.6. The van der Waals surface area contributed by atoms with Crippen molar-refractivity contribution in [2.24, 2.45) is 0 Å². The van der Waals surface area contributed by atoms with Crippen LogP contribution in [0.1, 0.15) is 9.75 Å². The first-order chi connectivity index (χ1) is 9.33. The highest BCUT2D eigenvalue weighted by atomic mass is 35.5. The summed E-state index contributed by atoms with van der Waals surface area (Å²) in [5, 5.41) is 9.21. The Morgan fingerprint density at radius 2 is 2.10 bits per heavy atom. The number of hydrogen-bond acceptors (Lipinski definition) is 4. The van der Waals surface area contributed by atoms with Crippen LogP contribution < -0.4 is 4.72 Å². The van der Waals surface area contributed by atoms with E-state index in [2.05, 4.69) is 4.72 Å². The van der Waals surface area contributed by atoms with E-state index in [0.29, 0.717) is 9.75 Å². The Morgan fingerprint density at radius 3 is 2.65 bits per heavy atom. The Bertz CT molecular complexity index is 743. The third-order valence-electron chi connectivity index (χ3n) is 2.54. The Labute approximate surface area is 124 Å². The summed E-state index contributed by atoms with van der Waals surface area (Å²) in [4.78, 5) is 1.08. The van der Waals surface area contributed by atoms with Gasteiger partial charge in [0.2, 0.25) is 0 Å². The number of anilines is 1. The molecule has 0 spiro atoms. The molecule has 2 N–H and O–H groups in total. The van der Waals surface area contributed by atoms with Crippen LogP contribution in [0.25, 0.3) is 0 Å². The fourth-order valence-corrected chi connectivity index (χ4v) is 4.36. The van der Waals surface area contributed by atoms with Gasteiger partial charge in [0.1, 0.15) is 10.7 Å². The minimum atomic E-state index is -3.90. The first-order valence-corrected chi connectivity index (χ1v) is 8.19. The molecule has 0 saturated carbocycles. The Kier molecular flexibility index (Phi) is 4.33. The smallest absolute Gasteiger partial charge is 0.263 e. The number of sulfonamides is 1. The van der Waals surface area contributed by atoms with Gasteiger partial charge in [-0.1, -0.05) is 11.6 Å². The normalized spacial score (nSPS) is 11.6. The van der Waals surface area contributed by atoms with E-state index in [1.54, 1.807) is 6.92 Å². The van der Waals surface area contributed by atoms with Crippen molar-refractivity contribution in [2.45, 2.75) is 18.4 Å². The monoisotopic (exact) mass is 335 g/mol. The van der Waals surface area contributed by atoms with E-state index < -0.39 is 15.8 Å². The van der Waals surface area contributed by atoms with E-state index in [-0.39, 0.29) is 22.2 Å². The van der Waals surface area contributed by atoms with Crippen molar-refractivity contribution in [3.05, 3.63) is 44.9 Å². The van der Waals surface area contributed by atoms with E-state index >= 15 is 0 Å².